The van der Waals surface area contributed by atoms with E-state index in [1.807, 2.05) is 12.1 Å². The topological polar surface area (TPSA) is 9.23 Å². The summed E-state index contributed by atoms with van der Waals surface area (Å²) in [5.74, 6) is 3.59. The first-order chi connectivity index (χ1) is 15.2. The van der Waals surface area contributed by atoms with Crippen LogP contribution in [0.25, 0.3) is 27.8 Å². The van der Waals surface area contributed by atoms with Crippen molar-refractivity contribution in [1.82, 2.24) is 0 Å². The quantitative estimate of drug-likeness (QED) is 0.313. The van der Waals surface area contributed by atoms with Gasteiger partial charge in [-0.1, -0.05) is 72.7 Å². The normalized spacial score (nSPS) is 14.6. The summed E-state index contributed by atoms with van der Waals surface area (Å²) in [5.41, 5.74) is 9.85. The highest BCUT2D eigenvalue weighted by Crippen LogP contribution is 2.54. The van der Waals surface area contributed by atoms with Crippen LogP contribution in [0.2, 0.25) is 0 Å². The van der Waals surface area contributed by atoms with Gasteiger partial charge in [-0.05, 0) is 65.1 Å². The molecule has 0 saturated heterocycles. The molecule has 1 nitrogen and oxygen atoms in total. The van der Waals surface area contributed by atoms with Crippen LogP contribution in [0.15, 0.2) is 97.1 Å². The Morgan fingerprint density at radius 3 is 1.97 bits per heavy atom. The van der Waals surface area contributed by atoms with Crippen LogP contribution >= 0.6 is 0 Å². The van der Waals surface area contributed by atoms with Crippen molar-refractivity contribution in [3.63, 3.8) is 0 Å². The molecule has 4 aromatic rings. The van der Waals surface area contributed by atoms with Crippen LogP contribution in [-0.4, -0.2) is 0 Å². The molecule has 0 saturated carbocycles. The summed E-state index contributed by atoms with van der Waals surface area (Å²) >= 11 is 0. The van der Waals surface area contributed by atoms with Crippen molar-refractivity contribution in [3.05, 3.63) is 119 Å². The van der Waals surface area contributed by atoms with Gasteiger partial charge >= 0.3 is 0 Å². The van der Waals surface area contributed by atoms with Crippen LogP contribution in [0.1, 0.15) is 29.2 Å². The summed E-state index contributed by atoms with van der Waals surface area (Å²) in [6.07, 6.45) is 7.78. The Hall–Kier alpha value is -4.02. The zero-order chi connectivity index (χ0) is 21.0. The van der Waals surface area contributed by atoms with E-state index in [0.29, 0.717) is 0 Å². The zero-order valence-corrected chi connectivity index (χ0v) is 17.2. The maximum absolute atomic E-state index is 6.83. The van der Waals surface area contributed by atoms with E-state index in [0.717, 1.165) is 28.0 Å². The van der Waals surface area contributed by atoms with Crippen molar-refractivity contribution in [1.29, 1.82) is 0 Å². The van der Waals surface area contributed by atoms with Crippen LogP contribution in [0.5, 0.6) is 5.75 Å². The van der Waals surface area contributed by atoms with Crippen LogP contribution in [0, 0.1) is 12.3 Å². The lowest BCUT2D eigenvalue weighted by Gasteiger charge is -2.35. The summed E-state index contributed by atoms with van der Waals surface area (Å²) in [6.45, 7) is 2.18. The number of hydrogen-bond donors (Lipinski definition) is 0. The highest BCUT2D eigenvalue weighted by atomic mass is 16.5. The average Bonchev–Trinajstić information content (AvgIpc) is 3.09. The first-order valence-electron chi connectivity index (χ1n) is 10.5. The Labute approximate surface area is 182 Å². The molecule has 1 heterocycles. The van der Waals surface area contributed by atoms with E-state index >= 15 is 0 Å². The fraction of sp³-hybridized carbons (Fsp3) is 0.0667. The third-order valence-corrected chi connectivity index (χ3v) is 6.42. The predicted octanol–water partition coefficient (Wildman–Crippen LogP) is 7.05. The molecule has 1 spiro atoms. The summed E-state index contributed by atoms with van der Waals surface area (Å²) in [4.78, 5) is 0. The molecule has 146 valence electrons. The molecule has 6 rings (SSSR count). The van der Waals surface area contributed by atoms with Gasteiger partial charge in [0.05, 0.1) is 0 Å². The van der Waals surface area contributed by atoms with Gasteiger partial charge in [-0.3, -0.25) is 0 Å². The van der Waals surface area contributed by atoms with Gasteiger partial charge in [0, 0.05) is 22.3 Å². The molecule has 0 radical (unpaired) electrons. The SMILES string of the molecule is C#Cc1ccc(-c2ccc3c(c2)C(C)=CC2(O3)c3ccccc3-c3ccccc32)cc1. The largest absolute Gasteiger partial charge is 0.473 e. The average molecular weight is 396 g/mol. The molecule has 1 heteroatoms. The van der Waals surface area contributed by atoms with Gasteiger partial charge in [0.1, 0.15) is 5.75 Å². The van der Waals surface area contributed by atoms with Crippen molar-refractivity contribution in [2.75, 3.05) is 0 Å². The molecule has 0 N–H and O–H groups in total. The first kappa shape index (κ1) is 17.8. The van der Waals surface area contributed by atoms with E-state index in [2.05, 4.69) is 97.8 Å². The van der Waals surface area contributed by atoms with Crippen molar-refractivity contribution in [2.45, 2.75) is 12.5 Å². The maximum atomic E-state index is 6.83. The van der Waals surface area contributed by atoms with Crippen LogP contribution in [-0.2, 0) is 5.60 Å². The second-order valence-electron chi connectivity index (χ2n) is 8.19. The van der Waals surface area contributed by atoms with E-state index in [9.17, 15) is 0 Å². The third-order valence-electron chi connectivity index (χ3n) is 6.42. The molecule has 0 bridgehead atoms. The molecule has 0 aromatic heterocycles. The number of allylic oxidation sites excluding steroid dienone is 1. The lowest BCUT2D eigenvalue weighted by molar-refractivity contribution is 0.165. The number of terminal acetylenes is 1. The van der Waals surface area contributed by atoms with Gasteiger partial charge in [-0.2, -0.15) is 0 Å². The summed E-state index contributed by atoms with van der Waals surface area (Å²) in [5, 5.41) is 0. The number of ether oxygens (including phenoxy) is 1. The molecular formula is C30H20O. The fourth-order valence-electron chi connectivity index (χ4n) is 4.95. The Morgan fingerprint density at radius 2 is 1.32 bits per heavy atom. The van der Waals surface area contributed by atoms with Gasteiger partial charge in [-0.15, -0.1) is 6.42 Å². The van der Waals surface area contributed by atoms with Gasteiger partial charge in [0.15, 0.2) is 5.60 Å². The number of fused-ring (bicyclic) bond motifs is 6. The number of hydrogen-bond acceptors (Lipinski definition) is 1. The van der Waals surface area contributed by atoms with Crippen molar-refractivity contribution in [3.8, 4) is 40.3 Å². The Bertz CT molecular complexity index is 1370. The lowest BCUT2D eigenvalue weighted by atomic mass is 9.84. The summed E-state index contributed by atoms with van der Waals surface area (Å²) in [7, 11) is 0. The standard InChI is InChI=1S/C30H20O/c1-3-21-12-14-22(15-13-21)23-16-17-29-26(18-23)20(2)19-30(31-29)27-10-6-4-8-24(27)25-9-5-7-11-28(25)30/h1,4-19H,2H3. The molecular weight excluding hydrogens is 376 g/mol. The predicted molar refractivity (Wildman–Crippen MR) is 127 cm³/mol. The van der Waals surface area contributed by atoms with Gasteiger partial charge in [0.25, 0.3) is 0 Å². The molecule has 1 aliphatic heterocycles. The number of rotatable bonds is 1. The van der Waals surface area contributed by atoms with E-state index in [4.69, 9.17) is 11.2 Å². The Balaban J connectivity index is 1.50. The molecule has 0 amide bonds. The summed E-state index contributed by atoms with van der Waals surface area (Å²) < 4.78 is 6.83. The highest BCUT2D eigenvalue weighted by molar-refractivity contribution is 5.86. The number of benzene rings is 4. The van der Waals surface area contributed by atoms with Crippen molar-refractivity contribution < 1.29 is 4.74 Å². The van der Waals surface area contributed by atoms with E-state index in [1.165, 1.54) is 27.8 Å². The zero-order valence-electron chi connectivity index (χ0n) is 17.2. The fourth-order valence-corrected chi connectivity index (χ4v) is 4.95. The minimum Gasteiger partial charge on any atom is -0.473 e. The van der Waals surface area contributed by atoms with Crippen LogP contribution < -0.4 is 4.74 Å². The molecule has 4 aromatic carbocycles. The monoisotopic (exact) mass is 396 g/mol. The smallest absolute Gasteiger partial charge is 0.179 e. The first-order valence-corrected chi connectivity index (χ1v) is 10.5. The van der Waals surface area contributed by atoms with Crippen LogP contribution in [0.3, 0.4) is 0 Å². The molecule has 31 heavy (non-hydrogen) atoms. The van der Waals surface area contributed by atoms with Crippen molar-refractivity contribution in [2.24, 2.45) is 0 Å². The molecule has 0 atom stereocenters. The molecule has 0 fully saturated rings. The maximum Gasteiger partial charge on any atom is 0.179 e. The lowest BCUT2D eigenvalue weighted by Crippen LogP contribution is -2.32. The van der Waals surface area contributed by atoms with Gasteiger partial charge < -0.3 is 4.74 Å². The van der Waals surface area contributed by atoms with E-state index in [1.54, 1.807) is 0 Å². The second kappa shape index (κ2) is 6.49. The second-order valence-corrected chi connectivity index (χ2v) is 8.19. The molecule has 1 aliphatic carbocycles. The van der Waals surface area contributed by atoms with Gasteiger partial charge in [-0.25, -0.2) is 0 Å². The van der Waals surface area contributed by atoms with Crippen molar-refractivity contribution >= 4 is 5.57 Å². The minimum absolute atomic E-state index is 0.583. The molecule has 2 aliphatic rings. The Morgan fingerprint density at radius 1 is 0.710 bits per heavy atom. The van der Waals surface area contributed by atoms with E-state index < -0.39 is 5.60 Å². The molecule has 0 unspecified atom stereocenters. The van der Waals surface area contributed by atoms with E-state index in [-0.39, 0.29) is 0 Å². The Kier molecular flexibility index (Phi) is 3.73. The third kappa shape index (κ3) is 2.52. The van der Waals surface area contributed by atoms with Gasteiger partial charge in [0.2, 0.25) is 0 Å². The highest BCUT2D eigenvalue weighted by Gasteiger charge is 2.45. The van der Waals surface area contributed by atoms with Crippen LogP contribution in [0.4, 0.5) is 0 Å². The summed E-state index contributed by atoms with van der Waals surface area (Å²) in [6, 6.07) is 31.7. The minimum atomic E-state index is -0.583.